The van der Waals surface area contributed by atoms with Crippen LogP contribution in [0.25, 0.3) is 0 Å². The highest BCUT2D eigenvalue weighted by Gasteiger charge is 2.14. The van der Waals surface area contributed by atoms with Gasteiger partial charge in [-0.2, -0.15) is 0 Å². The summed E-state index contributed by atoms with van der Waals surface area (Å²) >= 11 is 0. The molecule has 0 amide bonds. The Morgan fingerprint density at radius 1 is 1.14 bits per heavy atom. The second-order valence-corrected chi connectivity index (χ2v) is 6.20. The number of nitrogens with zero attached hydrogens (tertiary/aromatic N) is 2. The molecular formula is C14H18N4O2S. The van der Waals surface area contributed by atoms with E-state index in [1.807, 2.05) is 0 Å². The summed E-state index contributed by atoms with van der Waals surface area (Å²) < 4.78 is 26.7. The molecule has 0 radical (unpaired) electrons. The summed E-state index contributed by atoms with van der Waals surface area (Å²) in [5, 5.41) is 3.27. The SMILES string of the molecule is CCCNCc1ccc(S(=O)(=O)Nc2cnccn2)cc1. The number of hydrogen-bond donors (Lipinski definition) is 2. The molecule has 1 aromatic heterocycles. The van der Waals surface area contributed by atoms with Gasteiger partial charge in [0.25, 0.3) is 10.0 Å². The van der Waals surface area contributed by atoms with E-state index in [9.17, 15) is 8.42 Å². The molecule has 0 saturated heterocycles. The fourth-order valence-electron chi connectivity index (χ4n) is 1.74. The van der Waals surface area contributed by atoms with Gasteiger partial charge in [-0.1, -0.05) is 19.1 Å². The van der Waals surface area contributed by atoms with Crippen LogP contribution in [0.2, 0.25) is 0 Å². The van der Waals surface area contributed by atoms with Crippen LogP contribution in [0.5, 0.6) is 0 Å². The smallest absolute Gasteiger partial charge is 0.263 e. The lowest BCUT2D eigenvalue weighted by Gasteiger charge is -2.08. The van der Waals surface area contributed by atoms with Crippen molar-refractivity contribution < 1.29 is 8.42 Å². The molecule has 0 saturated carbocycles. The number of sulfonamides is 1. The van der Waals surface area contributed by atoms with E-state index in [0.717, 1.165) is 25.1 Å². The summed E-state index contributed by atoms with van der Waals surface area (Å²) in [5.74, 6) is 0.200. The number of anilines is 1. The molecule has 0 fully saturated rings. The van der Waals surface area contributed by atoms with Crippen molar-refractivity contribution in [3.63, 3.8) is 0 Å². The molecule has 0 unspecified atom stereocenters. The van der Waals surface area contributed by atoms with Crippen molar-refractivity contribution in [1.82, 2.24) is 15.3 Å². The number of benzene rings is 1. The number of hydrogen-bond acceptors (Lipinski definition) is 5. The van der Waals surface area contributed by atoms with E-state index in [4.69, 9.17) is 0 Å². The van der Waals surface area contributed by atoms with Crippen molar-refractivity contribution in [3.05, 3.63) is 48.4 Å². The number of aromatic nitrogens is 2. The van der Waals surface area contributed by atoms with Crippen LogP contribution in [0.4, 0.5) is 5.82 Å². The molecule has 0 aliphatic carbocycles. The van der Waals surface area contributed by atoms with Crippen LogP contribution in [0, 0.1) is 0 Å². The molecule has 0 aliphatic rings. The lowest BCUT2D eigenvalue weighted by atomic mass is 10.2. The standard InChI is InChI=1S/C14H18N4O2S/c1-2-7-15-10-12-3-5-13(6-4-12)21(19,20)18-14-11-16-8-9-17-14/h3-6,8-9,11,15H,2,7,10H2,1H3,(H,17,18). The Bertz CT molecular complexity index is 657. The first-order chi connectivity index (χ1) is 10.1. The Labute approximate surface area is 124 Å². The molecule has 2 rings (SSSR count). The first-order valence-corrected chi connectivity index (χ1v) is 8.18. The normalized spacial score (nSPS) is 11.3. The van der Waals surface area contributed by atoms with Crippen molar-refractivity contribution in [2.45, 2.75) is 24.8 Å². The Balaban J connectivity index is 2.06. The largest absolute Gasteiger partial charge is 0.313 e. The van der Waals surface area contributed by atoms with E-state index in [-0.39, 0.29) is 10.7 Å². The molecule has 21 heavy (non-hydrogen) atoms. The van der Waals surface area contributed by atoms with Crippen molar-refractivity contribution >= 4 is 15.8 Å². The zero-order valence-corrected chi connectivity index (χ0v) is 12.6. The summed E-state index contributed by atoms with van der Waals surface area (Å²) in [5.41, 5.74) is 1.04. The zero-order chi connectivity index (χ0) is 15.1. The average Bonchev–Trinajstić information content (AvgIpc) is 2.49. The van der Waals surface area contributed by atoms with E-state index in [1.54, 1.807) is 24.3 Å². The third-order valence-electron chi connectivity index (χ3n) is 2.79. The molecule has 1 heterocycles. The average molecular weight is 306 g/mol. The lowest BCUT2D eigenvalue weighted by molar-refractivity contribution is 0.601. The van der Waals surface area contributed by atoms with Crippen LogP contribution < -0.4 is 10.0 Å². The highest BCUT2D eigenvalue weighted by molar-refractivity contribution is 7.92. The van der Waals surface area contributed by atoms with Crippen LogP contribution in [0.3, 0.4) is 0 Å². The highest BCUT2D eigenvalue weighted by Crippen LogP contribution is 2.14. The summed E-state index contributed by atoms with van der Waals surface area (Å²) in [4.78, 5) is 7.92. The van der Waals surface area contributed by atoms with Gasteiger partial charge in [0, 0.05) is 18.9 Å². The molecule has 0 aliphatic heterocycles. The summed E-state index contributed by atoms with van der Waals surface area (Å²) in [6.07, 6.45) is 5.34. The quantitative estimate of drug-likeness (QED) is 0.762. The Morgan fingerprint density at radius 2 is 1.90 bits per heavy atom. The number of nitrogens with one attached hydrogen (secondary N) is 2. The third kappa shape index (κ3) is 4.51. The van der Waals surface area contributed by atoms with Crippen LogP contribution in [-0.4, -0.2) is 24.9 Å². The van der Waals surface area contributed by atoms with Gasteiger partial charge in [-0.15, -0.1) is 0 Å². The predicted molar refractivity (Wildman–Crippen MR) is 81.3 cm³/mol. The Hall–Kier alpha value is -1.99. The first-order valence-electron chi connectivity index (χ1n) is 6.70. The van der Waals surface area contributed by atoms with Crippen LogP contribution >= 0.6 is 0 Å². The predicted octanol–water partition coefficient (Wildman–Crippen LogP) is 1.78. The van der Waals surface area contributed by atoms with E-state index in [0.29, 0.717) is 0 Å². The topological polar surface area (TPSA) is 84.0 Å². The van der Waals surface area contributed by atoms with Gasteiger partial charge in [-0.05, 0) is 30.7 Å². The summed E-state index contributed by atoms with van der Waals surface area (Å²) in [6, 6.07) is 6.77. The minimum atomic E-state index is -3.63. The van der Waals surface area contributed by atoms with Gasteiger partial charge in [0.05, 0.1) is 11.1 Å². The fraction of sp³-hybridized carbons (Fsp3) is 0.286. The summed E-state index contributed by atoms with van der Waals surface area (Å²) in [6.45, 7) is 3.76. The molecule has 6 nitrogen and oxygen atoms in total. The van der Waals surface area contributed by atoms with E-state index in [1.165, 1.54) is 18.6 Å². The molecule has 112 valence electrons. The molecule has 7 heteroatoms. The monoisotopic (exact) mass is 306 g/mol. The zero-order valence-electron chi connectivity index (χ0n) is 11.8. The maximum Gasteiger partial charge on any atom is 0.263 e. The second kappa shape index (κ2) is 7.14. The van der Waals surface area contributed by atoms with Crippen molar-refractivity contribution in [2.75, 3.05) is 11.3 Å². The van der Waals surface area contributed by atoms with E-state index >= 15 is 0 Å². The Morgan fingerprint density at radius 3 is 2.52 bits per heavy atom. The maximum atomic E-state index is 12.2. The van der Waals surface area contributed by atoms with E-state index < -0.39 is 10.0 Å². The molecule has 2 N–H and O–H groups in total. The van der Waals surface area contributed by atoms with E-state index in [2.05, 4.69) is 26.9 Å². The van der Waals surface area contributed by atoms with Crippen molar-refractivity contribution in [2.24, 2.45) is 0 Å². The fourth-order valence-corrected chi connectivity index (χ4v) is 2.74. The third-order valence-corrected chi connectivity index (χ3v) is 4.16. The molecule has 0 bridgehead atoms. The minimum Gasteiger partial charge on any atom is -0.313 e. The van der Waals surface area contributed by atoms with Gasteiger partial charge in [-0.25, -0.2) is 13.4 Å². The molecular weight excluding hydrogens is 288 g/mol. The molecule has 2 aromatic rings. The van der Waals surface area contributed by atoms with Crippen molar-refractivity contribution in [3.8, 4) is 0 Å². The maximum absolute atomic E-state index is 12.2. The van der Waals surface area contributed by atoms with Gasteiger partial charge in [-0.3, -0.25) is 9.71 Å². The molecule has 0 spiro atoms. The van der Waals surface area contributed by atoms with Crippen LogP contribution in [-0.2, 0) is 16.6 Å². The van der Waals surface area contributed by atoms with Gasteiger partial charge in [0.1, 0.15) is 0 Å². The van der Waals surface area contributed by atoms with Gasteiger partial charge >= 0.3 is 0 Å². The molecule has 1 aromatic carbocycles. The highest BCUT2D eigenvalue weighted by atomic mass is 32.2. The van der Waals surface area contributed by atoms with Crippen LogP contribution in [0.1, 0.15) is 18.9 Å². The van der Waals surface area contributed by atoms with Crippen LogP contribution in [0.15, 0.2) is 47.8 Å². The second-order valence-electron chi connectivity index (χ2n) is 4.52. The minimum absolute atomic E-state index is 0.200. The van der Waals surface area contributed by atoms with Gasteiger partial charge in [0.2, 0.25) is 0 Å². The Kier molecular flexibility index (Phi) is 5.24. The first kappa shape index (κ1) is 15.4. The van der Waals surface area contributed by atoms with Gasteiger partial charge in [0.15, 0.2) is 5.82 Å². The molecule has 0 atom stereocenters. The number of rotatable bonds is 7. The lowest BCUT2D eigenvalue weighted by Crippen LogP contribution is -2.15. The van der Waals surface area contributed by atoms with Gasteiger partial charge < -0.3 is 5.32 Å². The summed E-state index contributed by atoms with van der Waals surface area (Å²) in [7, 11) is -3.63. The van der Waals surface area contributed by atoms with Crippen molar-refractivity contribution in [1.29, 1.82) is 0 Å².